The van der Waals surface area contributed by atoms with Crippen LogP contribution in [0.1, 0.15) is 30.7 Å². The number of carbonyl (C=O) groups excluding carboxylic acids is 1. The summed E-state index contributed by atoms with van der Waals surface area (Å²) >= 11 is 0. The van der Waals surface area contributed by atoms with Crippen molar-refractivity contribution in [2.45, 2.75) is 39.2 Å². The number of hydrogen-bond acceptors (Lipinski definition) is 3. The lowest BCUT2D eigenvalue weighted by atomic mass is 10.1. The Bertz CT molecular complexity index is 677. The van der Waals surface area contributed by atoms with Crippen LogP contribution in [0.15, 0.2) is 30.3 Å². The molecule has 1 aliphatic rings. The Morgan fingerprint density at radius 3 is 2.87 bits per heavy atom. The first-order chi connectivity index (χ1) is 10.6. The number of aryl methyl sites for hydroxylation is 2. The van der Waals surface area contributed by atoms with Crippen LogP contribution in [0.2, 0.25) is 0 Å². The Morgan fingerprint density at radius 2 is 2.22 bits per heavy atom. The fraction of sp³-hybridized carbons (Fsp3) is 0.412. The van der Waals surface area contributed by atoms with E-state index >= 15 is 0 Å². The molecule has 0 saturated carbocycles. The Labute approximate surface area is 142 Å². The molecule has 0 aliphatic carbocycles. The maximum absolute atomic E-state index is 12.1. The van der Waals surface area contributed by atoms with E-state index in [1.165, 1.54) is 0 Å². The van der Waals surface area contributed by atoms with Gasteiger partial charge in [0.25, 0.3) is 0 Å². The van der Waals surface area contributed by atoms with Gasteiger partial charge in [0.1, 0.15) is 0 Å². The van der Waals surface area contributed by atoms with E-state index in [4.69, 9.17) is 0 Å². The highest BCUT2D eigenvalue weighted by Crippen LogP contribution is 2.17. The zero-order valence-electron chi connectivity index (χ0n) is 13.5. The van der Waals surface area contributed by atoms with E-state index in [-0.39, 0.29) is 18.3 Å². The Hall–Kier alpha value is -1.85. The number of amides is 1. The summed E-state index contributed by atoms with van der Waals surface area (Å²) in [5.41, 5.74) is 3.84. The van der Waals surface area contributed by atoms with Crippen LogP contribution in [0.3, 0.4) is 0 Å². The molecular formula is C17H23ClN4O. The minimum atomic E-state index is 0. The minimum Gasteiger partial charge on any atom is -0.326 e. The number of carbonyl (C=O) groups is 1. The number of nitrogens with one attached hydrogen (secondary N) is 2. The molecule has 1 aromatic heterocycles. The second-order valence-electron chi connectivity index (χ2n) is 5.93. The highest BCUT2D eigenvalue weighted by Gasteiger charge is 2.17. The second kappa shape index (κ2) is 7.62. The Balaban J connectivity index is 0.00000192. The van der Waals surface area contributed by atoms with Gasteiger partial charge in [-0.25, -0.2) is 4.68 Å². The maximum Gasteiger partial charge on any atom is 0.225 e. The van der Waals surface area contributed by atoms with Crippen molar-refractivity contribution in [1.82, 2.24) is 15.1 Å². The van der Waals surface area contributed by atoms with Gasteiger partial charge >= 0.3 is 0 Å². The number of anilines is 1. The Morgan fingerprint density at radius 1 is 1.39 bits per heavy atom. The number of benzene rings is 1. The standard InChI is InChI=1S/C17H22N4O.ClH/c1-12-9-13(2)21(20-12)16-7-3-5-15(10-16)19-17(22)11-14-6-4-8-18-14;/h3,5,7,9-10,14,18H,4,6,8,11H2,1-2H3,(H,19,22);1H. The molecule has 1 aliphatic heterocycles. The number of hydrogen-bond donors (Lipinski definition) is 2. The van der Waals surface area contributed by atoms with Crippen LogP contribution < -0.4 is 10.6 Å². The van der Waals surface area contributed by atoms with E-state index in [0.717, 1.165) is 42.1 Å². The largest absolute Gasteiger partial charge is 0.326 e. The molecule has 5 nitrogen and oxygen atoms in total. The quantitative estimate of drug-likeness (QED) is 0.903. The van der Waals surface area contributed by atoms with Gasteiger partial charge in [-0.1, -0.05) is 6.07 Å². The van der Waals surface area contributed by atoms with E-state index in [9.17, 15) is 4.79 Å². The normalized spacial score (nSPS) is 16.9. The molecule has 2 aromatic rings. The molecule has 0 bridgehead atoms. The molecular weight excluding hydrogens is 312 g/mol. The van der Waals surface area contributed by atoms with Crippen molar-refractivity contribution in [2.24, 2.45) is 0 Å². The number of halogens is 1. The van der Waals surface area contributed by atoms with Gasteiger partial charge < -0.3 is 10.6 Å². The molecule has 1 unspecified atom stereocenters. The monoisotopic (exact) mass is 334 g/mol. The molecule has 1 saturated heterocycles. The summed E-state index contributed by atoms with van der Waals surface area (Å²) in [5.74, 6) is 0.0601. The zero-order chi connectivity index (χ0) is 15.5. The third-order valence-electron chi connectivity index (χ3n) is 3.98. The van der Waals surface area contributed by atoms with Crippen LogP contribution in [-0.4, -0.2) is 28.3 Å². The second-order valence-corrected chi connectivity index (χ2v) is 5.93. The lowest BCUT2D eigenvalue weighted by molar-refractivity contribution is -0.116. The average Bonchev–Trinajstić information content (AvgIpc) is 3.08. The third kappa shape index (κ3) is 4.33. The predicted molar refractivity (Wildman–Crippen MR) is 94.6 cm³/mol. The molecule has 6 heteroatoms. The van der Waals surface area contributed by atoms with E-state index in [1.54, 1.807) is 0 Å². The number of nitrogens with zero attached hydrogens (tertiary/aromatic N) is 2. The van der Waals surface area contributed by atoms with Crippen molar-refractivity contribution in [3.63, 3.8) is 0 Å². The van der Waals surface area contributed by atoms with Crippen molar-refractivity contribution in [3.05, 3.63) is 41.7 Å². The minimum absolute atomic E-state index is 0. The highest BCUT2D eigenvalue weighted by atomic mass is 35.5. The molecule has 0 radical (unpaired) electrons. The van der Waals surface area contributed by atoms with Gasteiger partial charge in [-0.05, 0) is 57.5 Å². The van der Waals surface area contributed by atoms with Crippen molar-refractivity contribution in [2.75, 3.05) is 11.9 Å². The fourth-order valence-corrected chi connectivity index (χ4v) is 2.97. The van der Waals surface area contributed by atoms with E-state index in [1.807, 2.05) is 48.9 Å². The van der Waals surface area contributed by atoms with Gasteiger partial charge in [0.05, 0.1) is 11.4 Å². The van der Waals surface area contributed by atoms with Gasteiger partial charge in [-0.2, -0.15) is 5.10 Å². The summed E-state index contributed by atoms with van der Waals surface area (Å²) < 4.78 is 1.89. The van der Waals surface area contributed by atoms with Crippen molar-refractivity contribution in [3.8, 4) is 5.69 Å². The van der Waals surface area contributed by atoms with Gasteiger partial charge in [-0.15, -0.1) is 12.4 Å². The first-order valence-electron chi connectivity index (χ1n) is 7.79. The fourth-order valence-electron chi connectivity index (χ4n) is 2.97. The third-order valence-corrected chi connectivity index (χ3v) is 3.98. The predicted octanol–water partition coefficient (Wildman–Crippen LogP) is 2.99. The average molecular weight is 335 g/mol. The lowest BCUT2D eigenvalue weighted by Gasteiger charge is -2.11. The van der Waals surface area contributed by atoms with Crippen LogP contribution in [0.5, 0.6) is 0 Å². The number of rotatable bonds is 4. The van der Waals surface area contributed by atoms with Crippen LogP contribution in [-0.2, 0) is 4.79 Å². The highest BCUT2D eigenvalue weighted by molar-refractivity contribution is 5.91. The van der Waals surface area contributed by atoms with Crippen molar-refractivity contribution >= 4 is 24.0 Å². The molecule has 1 aromatic carbocycles. The number of aromatic nitrogens is 2. The van der Waals surface area contributed by atoms with Gasteiger partial charge in [0.15, 0.2) is 0 Å². The molecule has 1 fully saturated rings. The summed E-state index contributed by atoms with van der Waals surface area (Å²) in [5, 5.41) is 10.8. The van der Waals surface area contributed by atoms with Crippen LogP contribution >= 0.6 is 12.4 Å². The van der Waals surface area contributed by atoms with Gasteiger partial charge in [-0.3, -0.25) is 4.79 Å². The van der Waals surface area contributed by atoms with E-state index < -0.39 is 0 Å². The smallest absolute Gasteiger partial charge is 0.225 e. The SMILES string of the molecule is Cc1cc(C)n(-c2cccc(NC(=O)CC3CCCN3)c2)n1.Cl. The summed E-state index contributed by atoms with van der Waals surface area (Å²) in [6.07, 6.45) is 2.77. The lowest BCUT2D eigenvalue weighted by Crippen LogP contribution is -2.27. The molecule has 0 spiro atoms. The molecule has 1 atom stereocenters. The summed E-state index contributed by atoms with van der Waals surface area (Å²) in [7, 11) is 0. The van der Waals surface area contributed by atoms with Crippen LogP contribution in [0, 0.1) is 13.8 Å². The topological polar surface area (TPSA) is 59.0 Å². The zero-order valence-corrected chi connectivity index (χ0v) is 14.3. The first kappa shape index (κ1) is 17.5. The first-order valence-corrected chi connectivity index (χ1v) is 7.79. The maximum atomic E-state index is 12.1. The molecule has 2 heterocycles. The Kier molecular flexibility index (Phi) is 5.80. The molecule has 23 heavy (non-hydrogen) atoms. The molecule has 2 N–H and O–H groups in total. The van der Waals surface area contributed by atoms with Crippen molar-refractivity contribution in [1.29, 1.82) is 0 Å². The summed E-state index contributed by atoms with van der Waals surface area (Å²) in [4.78, 5) is 12.1. The van der Waals surface area contributed by atoms with Gasteiger partial charge in [0.2, 0.25) is 5.91 Å². The van der Waals surface area contributed by atoms with Crippen LogP contribution in [0.4, 0.5) is 5.69 Å². The summed E-state index contributed by atoms with van der Waals surface area (Å²) in [6, 6.07) is 10.2. The van der Waals surface area contributed by atoms with Crippen molar-refractivity contribution < 1.29 is 4.79 Å². The van der Waals surface area contributed by atoms with E-state index in [2.05, 4.69) is 15.7 Å². The van der Waals surface area contributed by atoms with Gasteiger partial charge in [0, 0.05) is 23.8 Å². The van der Waals surface area contributed by atoms with E-state index in [0.29, 0.717) is 12.5 Å². The summed E-state index contributed by atoms with van der Waals surface area (Å²) in [6.45, 7) is 5.02. The van der Waals surface area contributed by atoms with Crippen LogP contribution in [0.25, 0.3) is 5.69 Å². The molecule has 3 rings (SSSR count). The molecule has 1 amide bonds. The molecule has 124 valence electrons.